The van der Waals surface area contributed by atoms with Gasteiger partial charge in [0.2, 0.25) is 5.95 Å². The highest BCUT2D eigenvalue weighted by atomic mass is 16.5. The summed E-state index contributed by atoms with van der Waals surface area (Å²) in [4.78, 5) is 15.1. The lowest BCUT2D eigenvalue weighted by Crippen LogP contribution is -2.61. The number of amidine groups is 1. The van der Waals surface area contributed by atoms with Crippen LogP contribution in [0.4, 0.5) is 5.95 Å². The number of anilines is 1. The van der Waals surface area contributed by atoms with Gasteiger partial charge in [0, 0.05) is 43.2 Å². The fourth-order valence-corrected chi connectivity index (χ4v) is 3.00. The van der Waals surface area contributed by atoms with Crippen molar-refractivity contribution in [2.75, 3.05) is 38.6 Å². The van der Waals surface area contributed by atoms with Gasteiger partial charge in [-0.3, -0.25) is 9.89 Å². The van der Waals surface area contributed by atoms with Crippen molar-refractivity contribution in [1.82, 2.24) is 25.5 Å². The van der Waals surface area contributed by atoms with Gasteiger partial charge in [-0.2, -0.15) is 0 Å². The second-order valence-electron chi connectivity index (χ2n) is 5.50. The second-order valence-corrected chi connectivity index (χ2v) is 5.50. The zero-order chi connectivity index (χ0) is 14.9. The Hall–Kier alpha value is -2.19. The number of nitrogens with zero attached hydrogens (tertiary/aromatic N) is 4. The SMILES string of the molecule is Nc1ncc(C2=C3CCN=C3NC(N3CCOCC3)N2)cn1. The first-order chi connectivity index (χ1) is 10.8. The van der Waals surface area contributed by atoms with E-state index < -0.39 is 0 Å². The van der Waals surface area contributed by atoms with E-state index in [9.17, 15) is 0 Å². The normalized spacial score (nSPS) is 25.3. The smallest absolute Gasteiger partial charge is 0.219 e. The van der Waals surface area contributed by atoms with Crippen molar-refractivity contribution in [3.63, 3.8) is 0 Å². The first-order valence-electron chi connectivity index (χ1n) is 7.52. The topological polar surface area (TPSA) is 101 Å². The van der Waals surface area contributed by atoms with Crippen LogP contribution in [0.5, 0.6) is 0 Å². The Morgan fingerprint density at radius 3 is 2.73 bits per heavy atom. The molecular formula is C14H19N7O. The quantitative estimate of drug-likeness (QED) is 0.669. The highest BCUT2D eigenvalue weighted by Gasteiger charge is 2.31. The van der Waals surface area contributed by atoms with E-state index in [4.69, 9.17) is 10.5 Å². The molecule has 116 valence electrons. The Morgan fingerprint density at radius 2 is 1.95 bits per heavy atom. The molecule has 0 amide bonds. The van der Waals surface area contributed by atoms with Gasteiger partial charge in [0.1, 0.15) is 5.84 Å². The van der Waals surface area contributed by atoms with Crippen LogP contribution in [0.1, 0.15) is 12.0 Å². The molecule has 4 heterocycles. The molecule has 4 rings (SSSR count). The highest BCUT2D eigenvalue weighted by Crippen LogP contribution is 2.26. The van der Waals surface area contributed by atoms with Crippen molar-refractivity contribution < 1.29 is 4.74 Å². The Bertz CT molecular complexity index is 619. The summed E-state index contributed by atoms with van der Waals surface area (Å²) in [7, 11) is 0. The molecule has 0 bridgehead atoms. The zero-order valence-electron chi connectivity index (χ0n) is 12.2. The maximum absolute atomic E-state index is 5.59. The van der Waals surface area contributed by atoms with Crippen LogP contribution < -0.4 is 16.4 Å². The number of aromatic nitrogens is 2. The van der Waals surface area contributed by atoms with E-state index in [1.165, 1.54) is 5.57 Å². The van der Waals surface area contributed by atoms with Gasteiger partial charge in [-0.05, 0) is 6.42 Å². The molecule has 3 aliphatic rings. The van der Waals surface area contributed by atoms with Gasteiger partial charge in [0.25, 0.3) is 0 Å². The minimum atomic E-state index is 0.0112. The van der Waals surface area contributed by atoms with Crippen LogP contribution in [-0.2, 0) is 4.74 Å². The minimum absolute atomic E-state index is 0.0112. The number of nitrogens with one attached hydrogen (secondary N) is 2. The molecule has 1 fully saturated rings. The Balaban J connectivity index is 1.65. The summed E-state index contributed by atoms with van der Waals surface area (Å²) in [6.45, 7) is 4.10. The highest BCUT2D eigenvalue weighted by molar-refractivity contribution is 6.07. The summed E-state index contributed by atoms with van der Waals surface area (Å²) in [6, 6.07) is 0. The third kappa shape index (κ3) is 2.40. The number of nitrogens with two attached hydrogens (primary N) is 1. The first-order valence-corrected chi connectivity index (χ1v) is 7.52. The van der Waals surface area contributed by atoms with Crippen molar-refractivity contribution >= 4 is 17.5 Å². The van der Waals surface area contributed by atoms with Gasteiger partial charge in [0.05, 0.1) is 18.9 Å². The standard InChI is InChI=1S/C14H19N7O/c15-13-17-7-9(8-18-13)11-10-1-2-16-12(10)20-14(19-11)21-3-5-22-6-4-21/h7-8,14,19H,1-6H2,(H,16,20)(H2,15,17,18). The van der Waals surface area contributed by atoms with Gasteiger partial charge in [-0.1, -0.05) is 0 Å². The van der Waals surface area contributed by atoms with Crippen LogP contribution in [0.25, 0.3) is 5.70 Å². The van der Waals surface area contributed by atoms with Crippen LogP contribution in [0.2, 0.25) is 0 Å². The summed E-state index contributed by atoms with van der Waals surface area (Å²) in [5.41, 5.74) is 8.77. The van der Waals surface area contributed by atoms with Gasteiger partial charge < -0.3 is 21.1 Å². The maximum Gasteiger partial charge on any atom is 0.219 e. The lowest BCUT2D eigenvalue weighted by molar-refractivity contribution is 0.00866. The molecule has 22 heavy (non-hydrogen) atoms. The van der Waals surface area contributed by atoms with E-state index in [1.54, 1.807) is 12.4 Å². The van der Waals surface area contributed by atoms with Crippen molar-refractivity contribution in [1.29, 1.82) is 0 Å². The molecule has 8 heteroatoms. The lowest BCUT2D eigenvalue weighted by atomic mass is 10.0. The summed E-state index contributed by atoms with van der Waals surface area (Å²) >= 11 is 0. The van der Waals surface area contributed by atoms with E-state index in [0.29, 0.717) is 0 Å². The number of rotatable bonds is 2. The molecular weight excluding hydrogens is 282 g/mol. The Kier molecular flexibility index (Phi) is 3.39. The largest absolute Gasteiger partial charge is 0.379 e. The number of nitrogen functional groups attached to an aromatic ring is 1. The molecule has 1 unspecified atom stereocenters. The van der Waals surface area contributed by atoms with Crippen LogP contribution in [0, 0.1) is 0 Å². The zero-order valence-corrected chi connectivity index (χ0v) is 12.2. The molecule has 0 aliphatic carbocycles. The monoisotopic (exact) mass is 301 g/mol. The Morgan fingerprint density at radius 1 is 1.18 bits per heavy atom. The van der Waals surface area contributed by atoms with Gasteiger partial charge in [-0.25, -0.2) is 9.97 Å². The summed E-state index contributed by atoms with van der Waals surface area (Å²) in [5, 5.41) is 7.05. The number of morpholine rings is 1. The molecule has 1 aromatic heterocycles. The van der Waals surface area contributed by atoms with Crippen LogP contribution in [0.3, 0.4) is 0 Å². The molecule has 1 aromatic rings. The maximum atomic E-state index is 5.59. The minimum Gasteiger partial charge on any atom is -0.379 e. The van der Waals surface area contributed by atoms with Crippen molar-refractivity contribution in [2.45, 2.75) is 12.7 Å². The average molecular weight is 301 g/mol. The molecule has 3 aliphatic heterocycles. The van der Waals surface area contributed by atoms with E-state index in [1.807, 2.05) is 0 Å². The fraction of sp³-hybridized carbons (Fsp3) is 0.500. The predicted octanol–water partition coefficient (Wildman–Crippen LogP) is -0.619. The van der Waals surface area contributed by atoms with Gasteiger partial charge in [0.15, 0.2) is 6.29 Å². The van der Waals surface area contributed by atoms with Crippen molar-refractivity contribution in [2.24, 2.45) is 4.99 Å². The van der Waals surface area contributed by atoms with Crippen molar-refractivity contribution in [3.05, 3.63) is 23.5 Å². The molecule has 4 N–H and O–H groups in total. The van der Waals surface area contributed by atoms with E-state index in [-0.39, 0.29) is 12.2 Å². The molecule has 0 spiro atoms. The van der Waals surface area contributed by atoms with Crippen molar-refractivity contribution in [3.8, 4) is 0 Å². The summed E-state index contributed by atoms with van der Waals surface area (Å²) < 4.78 is 5.43. The molecule has 0 saturated carbocycles. The predicted molar refractivity (Wildman–Crippen MR) is 82.7 cm³/mol. The van der Waals surface area contributed by atoms with Crippen LogP contribution in [-0.4, -0.2) is 59.8 Å². The molecule has 0 aromatic carbocycles. The lowest BCUT2D eigenvalue weighted by Gasteiger charge is -2.39. The van der Waals surface area contributed by atoms with Crippen LogP contribution in [0.15, 0.2) is 23.0 Å². The molecule has 1 saturated heterocycles. The number of hydrogen-bond donors (Lipinski definition) is 3. The molecule has 0 radical (unpaired) electrons. The van der Waals surface area contributed by atoms with Crippen LogP contribution >= 0.6 is 0 Å². The first kappa shape index (κ1) is 13.5. The Labute approximate surface area is 128 Å². The molecule has 8 nitrogen and oxygen atoms in total. The number of fused-ring (bicyclic) bond motifs is 1. The average Bonchev–Trinajstić information content (AvgIpc) is 3.04. The molecule has 1 atom stereocenters. The van der Waals surface area contributed by atoms with E-state index >= 15 is 0 Å². The third-order valence-electron chi connectivity index (χ3n) is 4.15. The number of aliphatic imine (C=N–C) groups is 1. The fourth-order valence-electron chi connectivity index (χ4n) is 3.00. The summed E-state index contributed by atoms with van der Waals surface area (Å²) in [6.07, 6.45) is 4.45. The number of ether oxygens (including phenoxy) is 1. The summed E-state index contributed by atoms with van der Waals surface area (Å²) in [5.74, 6) is 1.26. The third-order valence-corrected chi connectivity index (χ3v) is 4.15. The second kappa shape index (κ2) is 5.54. The van der Waals surface area contributed by atoms with E-state index in [0.717, 1.165) is 56.4 Å². The van der Waals surface area contributed by atoms with E-state index in [2.05, 4.69) is 30.5 Å². The van der Waals surface area contributed by atoms with Gasteiger partial charge >= 0.3 is 0 Å². The number of hydrogen-bond acceptors (Lipinski definition) is 8. The van der Waals surface area contributed by atoms with Gasteiger partial charge in [-0.15, -0.1) is 0 Å².